The van der Waals surface area contributed by atoms with Gasteiger partial charge in [-0.2, -0.15) is 0 Å². The van der Waals surface area contributed by atoms with Gasteiger partial charge in [0.05, 0.1) is 5.25 Å². The number of nitrogens with one attached hydrogen (secondary N) is 1. The molecule has 1 atom stereocenters. The molecule has 1 rings (SSSR count). The van der Waals surface area contributed by atoms with E-state index in [-0.39, 0.29) is 11.9 Å². The molecule has 22 heavy (non-hydrogen) atoms. The fraction of sp³-hybridized carbons (Fsp3) is 0.867. The lowest BCUT2D eigenvalue weighted by Gasteiger charge is -2.17. The van der Waals surface area contributed by atoms with Crippen LogP contribution in [0, 0.1) is 0 Å². The van der Waals surface area contributed by atoms with Crippen LogP contribution in [-0.4, -0.2) is 43.4 Å². The van der Waals surface area contributed by atoms with Gasteiger partial charge < -0.3 is 10.1 Å². The zero-order valence-electron chi connectivity index (χ0n) is 13.6. The first-order valence-corrected chi connectivity index (χ1v) is 9.54. The van der Waals surface area contributed by atoms with Crippen LogP contribution in [-0.2, 0) is 24.2 Å². The molecule has 1 fully saturated rings. The van der Waals surface area contributed by atoms with E-state index in [0.717, 1.165) is 25.7 Å². The van der Waals surface area contributed by atoms with E-state index >= 15 is 0 Å². The van der Waals surface area contributed by atoms with Crippen LogP contribution < -0.4 is 5.32 Å². The molecule has 1 aliphatic carbocycles. The van der Waals surface area contributed by atoms with E-state index in [1.54, 1.807) is 0 Å². The SMILES string of the molecule is CC(C)S(=O)(=O)[C@@H](C)C(=O)OCC(=O)NC1CCCCCC1. The van der Waals surface area contributed by atoms with Crippen molar-refractivity contribution in [1.29, 1.82) is 0 Å². The van der Waals surface area contributed by atoms with Gasteiger partial charge in [-0.1, -0.05) is 25.7 Å². The monoisotopic (exact) mass is 333 g/mol. The van der Waals surface area contributed by atoms with Crippen LogP contribution in [0.1, 0.15) is 59.3 Å². The van der Waals surface area contributed by atoms with Crippen molar-refractivity contribution in [3.8, 4) is 0 Å². The summed E-state index contributed by atoms with van der Waals surface area (Å²) in [7, 11) is -3.56. The molecule has 0 unspecified atom stereocenters. The molecule has 7 heteroatoms. The molecule has 0 aromatic rings. The molecule has 0 aromatic heterocycles. The number of carbonyl (C=O) groups excluding carboxylic acids is 2. The average Bonchev–Trinajstić information content (AvgIpc) is 2.72. The second-order valence-corrected chi connectivity index (χ2v) is 8.97. The maximum Gasteiger partial charge on any atom is 0.324 e. The summed E-state index contributed by atoms with van der Waals surface area (Å²) >= 11 is 0. The fourth-order valence-electron chi connectivity index (χ4n) is 2.49. The number of ether oxygens (including phenoxy) is 1. The van der Waals surface area contributed by atoms with E-state index in [9.17, 15) is 18.0 Å². The molecule has 1 saturated carbocycles. The quantitative estimate of drug-likeness (QED) is 0.589. The van der Waals surface area contributed by atoms with Gasteiger partial charge >= 0.3 is 5.97 Å². The maximum atomic E-state index is 11.9. The highest BCUT2D eigenvalue weighted by Gasteiger charge is 2.32. The van der Waals surface area contributed by atoms with Crippen molar-refractivity contribution in [3.05, 3.63) is 0 Å². The molecule has 1 N–H and O–H groups in total. The number of sulfone groups is 1. The first-order chi connectivity index (χ1) is 10.2. The standard InChI is InChI=1S/C15H27NO5S/c1-11(2)22(19,20)12(3)15(18)21-10-14(17)16-13-8-6-4-5-7-9-13/h11-13H,4-10H2,1-3H3,(H,16,17)/t12-/m0/s1. The Balaban J connectivity index is 2.41. The van der Waals surface area contributed by atoms with Crippen molar-refractivity contribution in [2.24, 2.45) is 0 Å². The molecule has 0 bridgehead atoms. The van der Waals surface area contributed by atoms with Crippen molar-refractivity contribution in [2.75, 3.05) is 6.61 Å². The number of hydrogen-bond donors (Lipinski definition) is 1. The Morgan fingerprint density at radius 1 is 1.09 bits per heavy atom. The Morgan fingerprint density at radius 2 is 1.64 bits per heavy atom. The van der Waals surface area contributed by atoms with Gasteiger partial charge in [0.25, 0.3) is 5.91 Å². The number of hydrogen-bond acceptors (Lipinski definition) is 5. The molecule has 0 aliphatic heterocycles. The summed E-state index contributed by atoms with van der Waals surface area (Å²) in [4.78, 5) is 23.6. The van der Waals surface area contributed by atoms with Crippen LogP contribution in [0.25, 0.3) is 0 Å². The van der Waals surface area contributed by atoms with Gasteiger partial charge in [-0.3, -0.25) is 9.59 Å². The number of carbonyl (C=O) groups is 2. The molecule has 0 saturated heterocycles. The number of rotatable bonds is 6. The second kappa shape index (κ2) is 8.50. The first kappa shape index (κ1) is 18.9. The lowest BCUT2D eigenvalue weighted by Crippen LogP contribution is -2.39. The Labute approximate surface area is 132 Å². The topological polar surface area (TPSA) is 89.5 Å². The Kier molecular flexibility index (Phi) is 7.32. The zero-order valence-corrected chi connectivity index (χ0v) is 14.4. The summed E-state index contributed by atoms with van der Waals surface area (Å²) in [6, 6.07) is 0.130. The second-order valence-electron chi connectivity index (χ2n) is 6.14. The minimum Gasteiger partial charge on any atom is -0.455 e. The van der Waals surface area contributed by atoms with Crippen molar-refractivity contribution >= 4 is 21.7 Å². The predicted octanol–water partition coefficient (Wildman–Crippen LogP) is 1.58. The summed E-state index contributed by atoms with van der Waals surface area (Å²) in [6.07, 6.45) is 6.44. The first-order valence-electron chi connectivity index (χ1n) is 7.94. The summed E-state index contributed by atoms with van der Waals surface area (Å²) in [5.74, 6) is -1.24. The molecule has 128 valence electrons. The van der Waals surface area contributed by atoms with Crippen molar-refractivity contribution in [3.63, 3.8) is 0 Å². The van der Waals surface area contributed by atoms with Gasteiger partial charge in [-0.15, -0.1) is 0 Å². The van der Waals surface area contributed by atoms with Crippen LogP contribution in [0.2, 0.25) is 0 Å². The van der Waals surface area contributed by atoms with Gasteiger partial charge in [0, 0.05) is 6.04 Å². The maximum absolute atomic E-state index is 11.9. The van der Waals surface area contributed by atoms with Gasteiger partial charge in [-0.05, 0) is 33.6 Å². The lowest BCUT2D eigenvalue weighted by atomic mass is 10.1. The van der Waals surface area contributed by atoms with E-state index in [0.29, 0.717) is 0 Å². The highest BCUT2D eigenvalue weighted by molar-refractivity contribution is 7.93. The highest BCUT2D eigenvalue weighted by atomic mass is 32.2. The minimum absolute atomic E-state index is 0.130. The molecule has 0 radical (unpaired) electrons. The molecular formula is C15H27NO5S. The van der Waals surface area contributed by atoms with E-state index in [1.807, 2.05) is 0 Å². The average molecular weight is 333 g/mol. The molecule has 0 heterocycles. The van der Waals surface area contributed by atoms with Crippen LogP contribution in [0.5, 0.6) is 0 Å². The van der Waals surface area contributed by atoms with E-state index in [2.05, 4.69) is 5.32 Å². The van der Waals surface area contributed by atoms with Crippen LogP contribution in [0.4, 0.5) is 0 Å². The van der Waals surface area contributed by atoms with E-state index in [4.69, 9.17) is 4.74 Å². The normalized spacial score (nSPS) is 18.5. The van der Waals surface area contributed by atoms with Crippen LogP contribution >= 0.6 is 0 Å². The van der Waals surface area contributed by atoms with Gasteiger partial charge in [0.15, 0.2) is 21.7 Å². The zero-order chi connectivity index (χ0) is 16.8. The van der Waals surface area contributed by atoms with Gasteiger partial charge in [0.2, 0.25) is 0 Å². The third kappa shape index (κ3) is 5.59. The molecule has 1 aliphatic rings. The molecule has 6 nitrogen and oxygen atoms in total. The number of amides is 1. The van der Waals surface area contributed by atoms with Crippen molar-refractivity contribution in [2.45, 2.75) is 75.8 Å². The Hall–Kier alpha value is -1.11. The van der Waals surface area contributed by atoms with Crippen molar-refractivity contribution < 1.29 is 22.7 Å². The predicted molar refractivity (Wildman–Crippen MR) is 84.1 cm³/mol. The lowest BCUT2D eigenvalue weighted by molar-refractivity contribution is -0.148. The Morgan fingerprint density at radius 3 is 2.14 bits per heavy atom. The van der Waals surface area contributed by atoms with Gasteiger partial charge in [0.1, 0.15) is 0 Å². The molecular weight excluding hydrogens is 306 g/mol. The summed E-state index contributed by atoms with van der Waals surface area (Å²) < 4.78 is 28.6. The molecule has 0 spiro atoms. The summed E-state index contributed by atoms with van der Waals surface area (Å²) in [5.41, 5.74) is 0. The number of esters is 1. The minimum atomic E-state index is -3.56. The summed E-state index contributed by atoms with van der Waals surface area (Å²) in [6.45, 7) is 3.89. The molecule has 0 aromatic carbocycles. The van der Waals surface area contributed by atoms with Crippen molar-refractivity contribution in [1.82, 2.24) is 5.32 Å². The third-order valence-electron chi connectivity index (χ3n) is 4.05. The van der Waals surface area contributed by atoms with Gasteiger partial charge in [-0.25, -0.2) is 8.42 Å². The largest absolute Gasteiger partial charge is 0.455 e. The van der Waals surface area contributed by atoms with E-state index in [1.165, 1.54) is 33.6 Å². The fourth-order valence-corrected chi connectivity index (χ4v) is 3.64. The van der Waals surface area contributed by atoms with Crippen LogP contribution in [0.3, 0.4) is 0 Å². The smallest absolute Gasteiger partial charge is 0.324 e. The highest BCUT2D eigenvalue weighted by Crippen LogP contribution is 2.17. The Bertz CT molecular complexity index is 478. The van der Waals surface area contributed by atoms with Crippen LogP contribution in [0.15, 0.2) is 0 Å². The third-order valence-corrected chi connectivity index (χ3v) is 6.54. The van der Waals surface area contributed by atoms with E-state index < -0.39 is 32.9 Å². The summed E-state index contributed by atoms with van der Waals surface area (Å²) in [5, 5.41) is 0.940. The molecule has 1 amide bonds.